The molecule has 0 fully saturated rings. The monoisotopic (exact) mass is 540 g/mol. The summed E-state index contributed by atoms with van der Waals surface area (Å²) in [6, 6.07) is 16.5. The van der Waals surface area contributed by atoms with E-state index in [1.54, 1.807) is 41.5 Å². The molecule has 0 heterocycles. The van der Waals surface area contributed by atoms with Crippen LogP contribution in [0.5, 0.6) is 0 Å². The Labute approximate surface area is 230 Å². The smallest absolute Gasteiger partial charge is 0.408 e. The van der Waals surface area contributed by atoms with E-state index in [1.807, 2.05) is 60.7 Å². The Morgan fingerprint density at radius 2 is 0.949 bits per heavy atom. The number of alkyl carbamates (subject to hydrolysis) is 2. The Balaban J connectivity index is 2.04. The second-order valence-electron chi connectivity index (χ2n) is 11.0. The zero-order valence-electron chi connectivity index (χ0n) is 23.5. The Morgan fingerprint density at radius 3 is 1.26 bits per heavy atom. The summed E-state index contributed by atoms with van der Waals surface area (Å²) in [6.45, 7) is 10.1. The number of amides is 4. The van der Waals surface area contributed by atoms with Gasteiger partial charge in [-0.25, -0.2) is 9.59 Å². The molecule has 0 unspecified atom stereocenters. The van der Waals surface area contributed by atoms with Gasteiger partial charge in [0.15, 0.2) is 0 Å². The van der Waals surface area contributed by atoms with Crippen molar-refractivity contribution in [2.75, 3.05) is 6.67 Å². The van der Waals surface area contributed by atoms with Crippen molar-refractivity contribution in [2.45, 2.75) is 77.7 Å². The highest BCUT2D eigenvalue weighted by Gasteiger charge is 2.27. The van der Waals surface area contributed by atoms with Crippen molar-refractivity contribution >= 4 is 24.0 Å². The number of ether oxygens (including phenoxy) is 2. The SMILES string of the molecule is CC(C)(C)OC(=O)N[C@@H](Cc1ccccc1)C(=O)NCNC(=O)[C@H](Cc1ccccc1)NC(=O)OC(C)(C)C. The number of carbonyl (C=O) groups is 4. The molecule has 39 heavy (non-hydrogen) atoms. The highest BCUT2D eigenvalue weighted by molar-refractivity contribution is 5.88. The average molecular weight is 541 g/mol. The zero-order chi connectivity index (χ0) is 29.1. The van der Waals surface area contributed by atoms with Gasteiger partial charge in [0.25, 0.3) is 0 Å². The van der Waals surface area contributed by atoms with E-state index in [0.29, 0.717) is 0 Å². The van der Waals surface area contributed by atoms with Crippen LogP contribution < -0.4 is 21.3 Å². The average Bonchev–Trinajstić information content (AvgIpc) is 2.82. The molecule has 10 heteroatoms. The molecule has 10 nitrogen and oxygen atoms in total. The minimum atomic E-state index is -0.945. The summed E-state index contributed by atoms with van der Waals surface area (Å²) in [7, 11) is 0. The highest BCUT2D eigenvalue weighted by Crippen LogP contribution is 2.10. The third-order valence-electron chi connectivity index (χ3n) is 5.11. The first kappa shape index (κ1) is 31.1. The zero-order valence-corrected chi connectivity index (χ0v) is 23.5. The lowest BCUT2D eigenvalue weighted by Gasteiger charge is -2.24. The number of nitrogens with one attached hydrogen (secondary N) is 4. The van der Waals surface area contributed by atoms with Gasteiger partial charge in [0.05, 0.1) is 6.67 Å². The van der Waals surface area contributed by atoms with E-state index in [1.165, 1.54) is 0 Å². The van der Waals surface area contributed by atoms with Crippen LogP contribution in [0, 0.1) is 0 Å². The Morgan fingerprint density at radius 1 is 0.615 bits per heavy atom. The molecule has 0 saturated heterocycles. The summed E-state index contributed by atoms with van der Waals surface area (Å²) < 4.78 is 10.6. The van der Waals surface area contributed by atoms with Crippen molar-refractivity contribution in [3.63, 3.8) is 0 Å². The summed E-state index contributed by atoms with van der Waals surface area (Å²) in [5.41, 5.74) is 0.200. The van der Waals surface area contributed by atoms with Gasteiger partial charge in [0.1, 0.15) is 23.3 Å². The summed E-state index contributed by atoms with van der Waals surface area (Å²) in [5.74, 6) is -1.02. The molecule has 0 aliphatic carbocycles. The number of hydrogen-bond donors (Lipinski definition) is 4. The summed E-state index contributed by atoms with van der Waals surface area (Å²) in [5, 5.41) is 10.5. The second-order valence-corrected chi connectivity index (χ2v) is 11.0. The van der Waals surface area contributed by atoms with Crippen molar-refractivity contribution in [3.05, 3.63) is 71.8 Å². The molecule has 212 valence electrons. The third kappa shape index (κ3) is 12.8. The Kier molecular flexibility index (Phi) is 11.3. The standard InChI is InChI=1S/C29H40N4O6/c1-28(2,3)38-26(36)32-22(17-20-13-9-7-10-14-20)24(34)30-19-31-25(35)23(18-21-15-11-8-12-16-21)33-27(37)39-29(4,5)6/h7-16,22-23H,17-19H2,1-6H3,(H,30,34)(H,31,35)(H,32,36)(H,33,37)/t22-,23-/m0/s1. The predicted molar refractivity (Wildman–Crippen MR) is 148 cm³/mol. The fourth-order valence-corrected chi connectivity index (χ4v) is 3.48. The molecule has 4 N–H and O–H groups in total. The molecular formula is C29H40N4O6. The van der Waals surface area contributed by atoms with Gasteiger partial charge in [-0.05, 0) is 52.7 Å². The van der Waals surface area contributed by atoms with Gasteiger partial charge in [-0.2, -0.15) is 0 Å². The van der Waals surface area contributed by atoms with Crippen LogP contribution in [0.2, 0.25) is 0 Å². The fourth-order valence-electron chi connectivity index (χ4n) is 3.48. The van der Waals surface area contributed by atoms with Crippen LogP contribution in [0.1, 0.15) is 52.7 Å². The lowest BCUT2D eigenvalue weighted by atomic mass is 10.1. The highest BCUT2D eigenvalue weighted by atomic mass is 16.6. The lowest BCUT2D eigenvalue weighted by Crippen LogP contribution is -2.54. The van der Waals surface area contributed by atoms with E-state index in [4.69, 9.17) is 9.47 Å². The van der Waals surface area contributed by atoms with E-state index in [9.17, 15) is 19.2 Å². The molecule has 2 atom stereocenters. The first-order valence-corrected chi connectivity index (χ1v) is 12.8. The van der Waals surface area contributed by atoms with Crippen molar-refractivity contribution < 1.29 is 28.7 Å². The van der Waals surface area contributed by atoms with Gasteiger partial charge in [-0.1, -0.05) is 60.7 Å². The van der Waals surface area contributed by atoms with Gasteiger partial charge >= 0.3 is 12.2 Å². The molecule has 2 rings (SSSR count). The fraction of sp³-hybridized carbons (Fsp3) is 0.448. The van der Waals surface area contributed by atoms with Crippen LogP contribution in [-0.2, 0) is 31.9 Å². The van der Waals surface area contributed by atoms with Crippen LogP contribution in [0.25, 0.3) is 0 Å². The van der Waals surface area contributed by atoms with E-state index in [-0.39, 0.29) is 19.5 Å². The van der Waals surface area contributed by atoms with E-state index < -0.39 is 47.3 Å². The van der Waals surface area contributed by atoms with Crippen LogP contribution in [0.4, 0.5) is 9.59 Å². The lowest BCUT2D eigenvalue weighted by molar-refractivity contribution is -0.125. The minimum absolute atomic E-state index is 0.219. The summed E-state index contributed by atoms with van der Waals surface area (Å²) >= 11 is 0. The van der Waals surface area contributed by atoms with Crippen LogP contribution >= 0.6 is 0 Å². The summed E-state index contributed by atoms with van der Waals surface area (Å²) in [6.07, 6.45) is -1.02. The van der Waals surface area contributed by atoms with Gasteiger partial charge < -0.3 is 30.7 Å². The van der Waals surface area contributed by atoms with Crippen molar-refractivity contribution in [3.8, 4) is 0 Å². The van der Waals surface area contributed by atoms with Crippen LogP contribution in [-0.4, -0.2) is 54.0 Å². The molecule has 0 aliphatic heterocycles. The molecule has 2 aromatic rings. The predicted octanol–water partition coefficient (Wildman–Crippen LogP) is 3.45. The van der Waals surface area contributed by atoms with Gasteiger partial charge in [0, 0.05) is 12.8 Å². The topological polar surface area (TPSA) is 135 Å². The number of benzene rings is 2. The molecule has 2 aromatic carbocycles. The first-order chi connectivity index (χ1) is 18.2. The maximum atomic E-state index is 13.0. The van der Waals surface area contributed by atoms with Crippen LogP contribution in [0.15, 0.2) is 60.7 Å². The minimum Gasteiger partial charge on any atom is -0.444 e. The number of rotatable bonds is 10. The van der Waals surface area contributed by atoms with Gasteiger partial charge in [-0.3, -0.25) is 9.59 Å². The van der Waals surface area contributed by atoms with E-state index in [0.717, 1.165) is 11.1 Å². The van der Waals surface area contributed by atoms with E-state index in [2.05, 4.69) is 21.3 Å². The Hall–Kier alpha value is -4.08. The normalized spacial score (nSPS) is 12.9. The van der Waals surface area contributed by atoms with E-state index >= 15 is 0 Å². The number of carbonyl (C=O) groups excluding carboxylic acids is 4. The third-order valence-corrected chi connectivity index (χ3v) is 5.11. The number of hydrogen-bond acceptors (Lipinski definition) is 6. The largest absolute Gasteiger partial charge is 0.444 e. The molecule has 0 radical (unpaired) electrons. The quantitative estimate of drug-likeness (QED) is 0.341. The first-order valence-electron chi connectivity index (χ1n) is 12.8. The molecular weight excluding hydrogens is 500 g/mol. The second kappa shape index (κ2) is 14.2. The maximum absolute atomic E-state index is 13.0. The molecule has 4 amide bonds. The van der Waals surface area contributed by atoms with Crippen molar-refractivity contribution in [2.24, 2.45) is 0 Å². The van der Waals surface area contributed by atoms with Crippen molar-refractivity contribution in [1.82, 2.24) is 21.3 Å². The van der Waals surface area contributed by atoms with Crippen LogP contribution in [0.3, 0.4) is 0 Å². The molecule has 0 spiro atoms. The molecule has 0 bridgehead atoms. The summed E-state index contributed by atoms with van der Waals surface area (Å²) in [4.78, 5) is 50.8. The molecule has 0 saturated carbocycles. The molecule has 0 aliphatic rings. The molecule has 0 aromatic heterocycles. The van der Waals surface area contributed by atoms with Crippen molar-refractivity contribution in [1.29, 1.82) is 0 Å². The van der Waals surface area contributed by atoms with Gasteiger partial charge in [0.2, 0.25) is 11.8 Å². The Bertz CT molecular complexity index is 1010. The van der Waals surface area contributed by atoms with Gasteiger partial charge in [-0.15, -0.1) is 0 Å². The maximum Gasteiger partial charge on any atom is 0.408 e.